The van der Waals surface area contributed by atoms with Gasteiger partial charge in [-0.3, -0.25) is 0 Å². The van der Waals surface area contributed by atoms with Crippen molar-refractivity contribution in [3.63, 3.8) is 0 Å². The maximum Gasteiger partial charge on any atom is 0.132 e. The average molecular weight is 500 g/mol. The lowest BCUT2D eigenvalue weighted by molar-refractivity contribution is 0.542. The van der Waals surface area contributed by atoms with Crippen LogP contribution >= 0.6 is 0 Å². The Morgan fingerprint density at radius 2 is 0.722 bits per heavy atom. The van der Waals surface area contributed by atoms with E-state index in [-0.39, 0.29) is 0 Å². The maximum absolute atomic E-state index is 4.78. The van der Waals surface area contributed by atoms with E-state index in [1.807, 2.05) is 0 Å². The van der Waals surface area contributed by atoms with Crippen molar-refractivity contribution < 1.29 is 0 Å². The molecule has 0 unspecified atom stereocenters. The van der Waals surface area contributed by atoms with Crippen LogP contribution in [0.2, 0.25) is 0 Å². The molecule has 1 radical (unpaired) electrons. The molecule has 0 atom stereocenters. The topological polar surface area (TPSA) is 25.8 Å². The number of rotatable bonds is 27. The molecule has 2 heteroatoms. The quantitative estimate of drug-likeness (QED) is 0.112. The Bertz CT molecular complexity index is 536. The lowest BCUT2D eigenvalue weighted by atomic mass is 10.0. The molecule has 1 aromatic heterocycles. The summed E-state index contributed by atoms with van der Waals surface area (Å²) in [5, 5.41) is 0. The predicted molar refractivity (Wildman–Crippen MR) is 161 cm³/mol. The molecule has 0 aromatic carbocycles. The Kier molecular flexibility index (Phi) is 23.7. The average Bonchev–Trinajstić information content (AvgIpc) is 2.89. The Morgan fingerprint density at radius 1 is 0.444 bits per heavy atom. The molecule has 0 aliphatic rings. The van der Waals surface area contributed by atoms with Gasteiger partial charge in [0, 0.05) is 17.8 Å². The zero-order chi connectivity index (χ0) is 25.9. The van der Waals surface area contributed by atoms with E-state index in [9.17, 15) is 0 Å². The monoisotopic (exact) mass is 499 g/mol. The molecule has 36 heavy (non-hydrogen) atoms. The van der Waals surface area contributed by atoms with Crippen LogP contribution in [0.4, 0.5) is 0 Å². The summed E-state index contributed by atoms with van der Waals surface area (Å²) in [4.78, 5) is 9.57. The normalized spacial score (nSPS) is 11.4. The lowest BCUT2D eigenvalue weighted by Gasteiger charge is -2.08. The maximum atomic E-state index is 4.78. The third-order valence-corrected chi connectivity index (χ3v) is 7.68. The van der Waals surface area contributed by atoms with E-state index in [2.05, 4.69) is 33.3 Å². The van der Waals surface area contributed by atoms with Gasteiger partial charge in [-0.1, -0.05) is 162 Å². The van der Waals surface area contributed by atoms with E-state index in [0.29, 0.717) is 0 Å². The molecule has 0 aliphatic heterocycles. The van der Waals surface area contributed by atoms with Crippen LogP contribution in [0.1, 0.15) is 192 Å². The van der Waals surface area contributed by atoms with Gasteiger partial charge in [0.05, 0.1) is 0 Å². The van der Waals surface area contributed by atoms with Crippen LogP contribution in [0.3, 0.4) is 0 Å². The first-order valence-corrected chi connectivity index (χ1v) is 16.5. The van der Waals surface area contributed by atoms with Crippen molar-refractivity contribution >= 4 is 0 Å². The van der Waals surface area contributed by atoms with Crippen molar-refractivity contribution in [1.82, 2.24) is 9.97 Å². The van der Waals surface area contributed by atoms with Crippen LogP contribution < -0.4 is 0 Å². The fraction of sp³-hybridized carbons (Fsp3) is 0.853. The zero-order valence-electron chi connectivity index (χ0n) is 24.9. The summed E-state index contributed by atoms with van der Waals surface area (Å²) in [5.74, 6) is 0.931. The lowest BCUT2D eigenvalue weighted by Crippen LogP contribution is -2.02. The van der Waals surface area contributed by atoms with Gasteiger partial charge in [0.2, 0.25) is 0 Å². The fourth-order valence-electron chi connectivity index (χ4n) is 5.26. The van der Waals surface area contributed by atoms with E-state index >= 15 is 0 Å². The first-order valence-electron chi connectivity index (χ1n) is 16.5. The minimum Gasteiger partial charge on any atom is -0.238 e. The third-order valence-electron chi connectivity index (χ3n) is 7.68. The van der Waals surface area contributed by atoms with Gasteiger partial charge < -0.3 is 0 Å². The van der Waals surface area contributed by atoms with Crippen LogP contribution in [0.15, 0.2) is 6.07 Å². The van der Waals surface area contributed by atoms with Crippen LogP contribution in [0, 0.1) is 6.42 Å². The molecule has 0 aliphatic carbocycles. The summed E-state index contributed by atoms with van der Waals surface area (Å²) >= 11 is 0. The standard InChI is InChI=1S/C34H63N2/c1-4-7-9-11-13-15-17-19-21-23-25-27-29-32-31-33(36-34(6-3)35-32)30-28-26-24-22-20-18-16-14-12-10-8-5-2/h6,31H,4-5,7-30H2,1-3H3. The number of aryl methyl sites for hydroxylation is 2. The highest BCUT2D eigenvalue weighted by atomic mass is 14.9. The molecule has 0 saturated carbocycles. The molecular weight excluding hydrogens is 436 g/mol. The summed E-state index contributed by atoms with van der Waals surface area (Å²) in [5.41, 5.74) is 2.53. The molecule has 2 nitrogen and oxygen atoms in total. The summed E-state index contributed by atoms with van der Waals surface area (Å²) in [6.45, 7) is 6.66. The highest BCUT2D eigenvalue weighted by molar-refractivity contribution is 5.15. The minimum absolute atomic E-state index is 0.931. The van der Waals surface area contributed by atoms with Crippen molar-refractivity contribution in [1.29, 1.82) is 0 Å². The Hall–Kier alpha value is -0.920. The van der Waals surface area contributed by atoms with Gasteiger partial charge >= 0.3 is 0 Å². The molecule has 0 spiro atoms. The Balaban J connectivity index is 2.06. The molecule has 0 N–H and O–H groups in total. The van der Waals surface area contributed by atoms with Crippen molar-refractivity contribution in [2.24, 2.45) is 0 Å². The van der Waals surface area contributed by atoms with E-state index in [4.69, 9.17) is 9.97 Å². The van der Waals surface area contributed by atoms with Gasteiger partial charge in [-0.25, -0.2) is 9.97 Å². The smallest absolute Gasteiger partial charge is 0.132 e. The van der Waals surface area contributed by atoms with Gasteiger partial charge in [-0.2, -0.15) is 0 Å². The molecule has 1 aromatic rings. The SMILES string of the molecule is C[CH]c1nc(CCCCCCCCCCCCCC)cc(CCCCCCCCCCCCCC)n1. The first-order chi connectivity index (χ1) is 17.8. The summed E-state index contributed by atoms with van der Waals surface area (Å²) < 4.78 is 0. The second-order valence-corrected chi connectivity index (χ2v) is 11.3. The number of unbranched alkanes of at least 4 members (excludes halogenated alkanes) is 22. The van der Waals surface area contributed by atoms with Crippen molar-refractivity contribution in [3.8, 4) is 0 Å². The number of hydrogen-bond donors (Lipinski definition) is 0. The van der Waals surface area contributed by atoms with Crippen LogP contribution in [0.25, 0.3) is 0 Å². The zero-order valence-corrected chi connectivity index (χ0v) is 24.9. The van der Waals surface area contributed by atoms with E-state index < -0.39 is 0 Å². The van der Waals surface area contributed by atoms with E-state index in [0.717, 1.165) is 18.7 Å². The predicted octanol–water partition coefficient (Wildman–Crippen LogP) is 11.5. The van der Waals surface area contributed by atoms with Crippen LogP contribution in [0.5, 0.6) is 0 Å². The molecule has 0 amide bonds. The summed E-state index contributed by atoms with van der Waals surface area (Å²) in [6.07, 6.45) is 38.0. The van der Waals surface area contributed by atoms with Gasteiger partial charge in [0.15, 0.2) is 0 Å². The van der Waals surface area contributed by atoms with E-state index in [1.54, 1.807) is 0 Å². The van der Waals surface area contributed by atoms with Gasteiger partial charge in [-0.05, 0) is 31.7 Å². The molecular formula is C34H63N2. The largest absolute Gasteiger partial charge is 0.238 e. The molecule has 0 saturated heterocycles. The van der Waals surface area contributed by atoms with Gasteiger partial charge in [0.1, 0.15) is 5.82 Å². The van der Waals surface area contributed by atoms with Crippen molar-refractivity contribution in [3.05, 3.63) is 29.7 Å². The summed E-state index contributed by atoms with van der Waals surface area (Å²) in [7, 11) is 0. The number of aromatic nitrogens is 2. The minimum atomic E-state index is 0.931. The summed E-state index contributed by atoms with van der Waals surface area (Å²) in [6, 6.07) is 2.30. The first kappa shape index (κ1) is 33.1. The van der Waals surface area contributed by atoms with Crippen LogP contribution in [-0.4, -0.2) is 9.97 Å². The Morgan fingerprint density at radius 3 is 1.00 bits per heavy atom. The van der Waals surface area contributed by atoms with Crippen LogP contribution in [-0.2, 0) is 12.8 Å². The second kappa shape index (κ2) is 25.7. The molecule has 1 rings (SSSR count). The highest BCUT2D eigenvalue weighted by Crippen LogP contribution is 2.16. The highest BCUT2D eigenvalue weighted by Gasteiger charge is 2.05. The second-order valence-electron chi connectivity index (χ2n) is 11.3. The third kappa shape index (κ3) is 20.2. The number of hydrogen-bond acceptors (Lipinski definition) is 2. The Labute approximate surface area is 227 Å². The van der Waals surface area contributed by atoms with Gasteiger partial charge in [-0.15, -0.1) is 0 Å². The molecule has 0 bridgehead atoms. The van der Waals surface area contributed by atoms with Crippen molar-refractivity contribution in [2.75, 3.05) is 0 Å². The van der Waals surface area contributed by atoms with E-state index in [1.165, 1.54) is 165 Å². The molecule has 209 valence electrons. The van der Waals surface area contributed by atoms with Crippen molar-refractivity contribution in [2.45, 2.75) is 188 Å². The fourth-order valence-corrected chi connectivity index (χ4v) is 5.26. The molecule has 1 heterocycles. The van der Waals surface area contributed by atoms with Gasteiger partial charge in [0.25, 0.3) is 0 Å². The molecule has 0 fully saturated rings. The number of nitrogens with zero attached hydrogens (tertiary/aromatic N) is 2.